The molecule has 1 saturated heterocycles. The molecule has 1 fully saturated rings. The summed E-state index contributed by atoms with van der Waals surface area (Å²) in [4.78, 5) is 25.3. The lowest BCUT2D eigenvalue weighted by atomic mass is 10.2. The fraction of sp³-hybridized carbons (Fsp3) is 0.444. The molecule has 0 aliphatic carbocycles. The lowest BCUT2D eigenvalue weighted by molar-refractivity contribution is -0.135. The topological polar surface area (TPSA) is 78.7 Å². The van der Waals surface area contributed by atoms with Crippen molar-refractivity contribution >= 4 is 23.5 Å². The Bertz CT molecular complexity index is 802. The number of piperazine rings is 1. The number of nitrogens with zero attached hydrogens (tertiary/aromatic N) is 6. The van der Waals surface area contributed by atoms with E-state index in [9.17, 15) is 4.79 Å². The number of guanidine groups is 1. The van der Waals surface area contributed by atoms with Gasteiger partial charge in [-0.15, -0.1) is 0 Å². The third-order valence-electron chi connectivity index (χ3n) is 4.42. The Morgan fingerprint density at radius 3 is 2.70 bits per heavy atom. The van der Waals surface area contributed by atoms with Gasteiger partial charge in [0.1, 0.15) is 18.7 Å². The number of rotatable bonds is 5. The van der Waals surface area contributed by atoms with Crippen LogP contribution in [0, 0.1) is 0 Å². The van der Waals surface area contributed by atoms with E-state index in [-0.39, 0.29) is 5.91 Å². The minimum Gasteiger partial charge on any atom is -0.356 e. The maximum absolute atomic E-state index is 12.6. The van der Waals surface area contributed by atoms with Crippen molar-refractivity contribution in [1.29, 1.82) is 0 Å². The molecule has 0 radical (unpaired) electrons. The molecular weight excluding hydrogens is 366 g/mol. The molecular formula is C18H24ClN7O. The van der Waals surface area contributed by atoms with Crippen molar-refractivity contribution < 1.29 is 4.79 Å². The molecule has 8 nitrogen and oxygen atoms in total. The summed E-state index contributed by atoms with van der Waals surface area (Å²) in [6.45, 7) is 5.43. The first-order chi connectivity index (χ1) is 13.1. The van der Waals surface area contributed by atoms with E-state index in [4.69, 9.17) is 11.6 Å². The van der Waals surface area contributed by atoms with Crippen LogP contribution in [0.2, 0.25) is 5.02 Å². The van der Waals surface area contributed by atoms with Crippen LogP contribution in [0.25, 0.3) is 0 Å². The van der Waals surface area contributed by atoms with Crippen molar-refractivity contribution in [3.05, 3.63) is 47.0 Å². The van der Waals surface area contributed by atoms with E-state index in [1.165, 1.54) is 6.33 Å². The average Bonchev–Trinajstić information content (AvgIpc) is 3.07. The molecule has 1 N–H and O–H groups in total. The molecule has 0 unspecified atom stereocenters. The number of aromatic nitrogens is 3. The van der Waals surface area contributed by atoms with Crippen molar-refractivity contribution in [3.8, 4) is 0 Å². The van der Waals surface area contributed by atoms with Gasteiger partial charge in [0, 0.05) is 38.2 Å². The highest BCUT2D eigenvalue weighted by Crippen LogP contribution is 2.13. The molecule has 1 aromatic heterocycles. The number of nitrogens with one attached hydrogen (secondary N) is 1. The van der Waals surface area contributed by atoms with Gasteiger partial charge < -0.3 is 15.1 Å². The summed E-state index contributed by atoms with van der Waals surface area (Å²) in [6, 6.07) is 7.60. The van der Waals surface area contributed by atoms with Crippen LogP contribution in [-0.2, 0) is 24.9 Å². The molecule has 144 valence electrons. The molecule has 2 aromatic rings. The van der Waals surface area contributed by atoms with Gasteiger partial charge in [0.05, 0.1) is 6.54 Å². The van der Waals surface area contributed by atoms with Crippen molar-refractivity contribution in [1.82, 2.24) is 29.9 Å². The maximum Gasteiger partial charge on any atom is 0.242 e. The summed E-state index contributed by atoms with van der Waals surface area (Å²) < 4.78 is 1.70. The average molecular weight is 390 g/mol. The van der Waals surface area contributed by atoms with Gasteiger partial charge in [0.2, 0.25) is 5.91 Å². The highest BCUT2D eigenvalue weighted by atomic mass is 35.5. The normalized spacial score (nSPS) is 15.4. The van der Waals surface area contributed by atoms with Gasteiger partial charge in [-0.1, -0.05) is 23.7 Å². The van der Waals surface area contributed by atoms with E-state index < -0.39 is 0 Å². The van der Waals surface area contributed by atoms with Crippen LogP contribution in [0.3, 0.4) is 0 Å². The molecule has 1 aliphatic rings. The van der Waals surface area contributed by atoms with Crippen molar-refractivity contribution in [3.63, 3.8) is 0 Å². The summed E-state index contributed by atoms with van der Waals surface area (Å²) in [7, 11) is 1.84. The van der Waals surface area contributed by atoms with Gasteiger partial charge >= 0.3 is 0 Å². The molecule has 1 aromatic carbocycles. The Hall–Kier alpha value is -2.61. The zero-order valence-corrected chi connectivity index (χ0v) is 16.4. The SMILES string of the molecule is CCNC(=NCc1ncnn1C)N1CCN(Cc2ccc(Cl)cc2)C(=O)C1. The molecule has 3 rings (SSSR count). The first-order valence-corrected chi connectivity index (χ1v) is 9.33. The zero-order valence-electron chi connectivity index (χ0n) is 15.6. The van der Waals surface area contributed by atoms with Crippen LogP contribution in [0.5, 0.6) is 0 Å². The Labute approximate surface area is 163 Å². The lowest BCUT2D eigenvalue weighted by Gasteiger charge is -2.36. The van der Waals surface area contributed by atoms with E-state index in [2.05, 4.69) is 20.4 Å². The highest BCUT2D eigenvalue weighted by Gasteiger charge is 2.26. The van der Waals surface area contributed by atoms with Crippen molar-refractivity contribution in [2.75, 3.05) is 26.2 Å². The van der Waals surface area contributed by atoms with E-state index in [0.717, 1.165) is 30.4 Å². The number of aryl methyl sites for hydroxylation is 1. The molecule has 9 heteroatoms. The summed E-state index contributed by atoms with van der Waals surface area (Å²) in [5.74, 6) is 1.58. The molecule has 1 amide bonds. The minimum absolute atomic E-state index is 0.0838. The van der Waals surface area contributed by atoms with E-state index >= 15 is 0 Å². The summed E-state index contributed by atoms with van der Waals surface area (Å²) in [5, 5.41) is 8.01. The van der Waals surface area contributed by atoms with Gasteiger partial charge in [-0.25, -0.2) is 9.98 Å². The number of aliphatic imine (C=N–C) groups is 1. The predicted molar refractivity (Wildman–Crippen MR) is 104 cm³/mol. The number of hydrogen-bond donors (Lipinski definition) is 1. The third-order valence-corrected chi connectivity index (χ3v) is 4.67. The van der Waals surface area contributed by atoms with Gasteiger partial charge in [-0.3, -0.25) is 9.48 Å². The summed E-state index contributed by atoms with van der Waals surface area (Å²) >= 11 is 5.93. The first kappa shape index (κ1) is 19.2. The largest absolute Gasteiger partial charge is 0.356 e. The Kier molecular flexibility index (Phi) is 6.28. The Morgan fingerprint density at radius 1 is 1.30 bits per heavy atom. The van der Waals surface area contributed by atoms with Gasteiger partial charge in [-0.05, 0) is 24.6 Å². The Morgan fingerprint density at radius 2 is 2.07 bits per heavy atom. The van der Waals surface area contributed by atoms with Crippen LogP contribution in [0.1, 0.15) is 18.3 Å². The van der Waals surface area contributed by atoms with Gasteiger partial charge in [-0.2, -0.15) is 5.10 Å². The second-order valence-corrected chi connectivity index (χ2v) is 6.77. The number of hydrogen-bond acceptors (Lipinski definition) is 4. The second kappa shape index (κ2) is 8.85. The van der Waals surface area contributed by atoms with Crippen LogP contribution < -0.4 is 5.32 Å². The molecule has 1 aliphatic heterocycles. The maximum atomic E-state index is 12.6. The number of carbonyl (C=O) groups excluding carboxylic acids is 1. The Balaban J connectivity index is 1.62. The van der Waals surface area contributed by atoms with Crippen molar-refractivity contribution in [2.45, 2.75) is 20.0 Å². The van der Waals surface area contributed by atoms with Gasteiger partial charge in [0.25, 0.3) is 0 Å². The predicted octanol–water partition coefficient (Wildman–Crippen LogP) is 1.28. The minimum atomic E-state index is 0.0838. The third kappa shape index (κ3) is 4.97. The van der Waals surface area contributed by atoms with E-state index in [0.29, 0.717) is 31.2 Å². The lowest BCUT2D eigenvalue weighted by Crippen LogP contribution is -2.54. The summed E-state index contributed by atoms with van der Waals surface area (Å²) in [6.07, 6.45) is 1.51. The number of amides is 1. The fourth-order valence-electron chi connectivity index (χ4n) is 2.90. The van der Waals surface area contributed by atoms with Crippen LogP contribution >= 0.6 is 11.6 Å². The second-order valence-electron chi connectivity index (χ2n) is 6.33. The molecule has 0 saturated carbocycles. The monoisotopic (exact) mass is 389 g/mol. The first-order valence-electron chi connectivity index (χ1n) is 8.95. The summed E-state index contributed by atoms with van der Waals surface area (Å²) in [5.41, 5.74) is 1.07. The molecule has 0 atom stereocenters. The van der Waals surface area contributed by atoms with Crippen molar-refractivity contribution in [2.24, 2.45) is 12.0 Å². The van der Waals surface area contributed by atoms with Crippen LogP contribution in [0.4, 0.5) is 0 Å². The number of benzene rings is 1. The molecule has 0 bridgehead atoms. The fourth-order valence-corrected chi connectivity index (χ4v) is 3.03. The van der Waals surface area contributed by atoms with Crippen LogP contribution in [0.15, 0.2) is 35.6 Å². The zero-order chi connectivity index (χ0) is 19.2. The quantitative estimate of drug-likeness (QED) is 0.615. The molecule has 0 spiro atoms. The standard InChI is InChI=1S/C18H24ClN7O/c1-3-20-18(21-10-16-22-13-23-24(16)2)26-9-8-25(17(27)12-26)11-14-4-6-15(19)7-5-14/h4-7,13H,3,8-12H2,1-2H3,(H,20,21). The smallest absolute Gasteiger partial charge is 0.242 e. The highest BCUT2D eigenvalue weighted by molar-refractivity contribution is 6.30. The molecule has 27 heavy (non-hydrogen) atoms. The molecule has 2 heterocycles. The number of halogens is 1. The van der Waals surface area contributed by atoms with E-state index in [1.807, 2.05) is 48.0 Å². The van der Waals surface area contributed by atoms with Gasteiger partial charge in [0.15, 0.2) is 5.96 Å². The van der Waals surface area contributed by atoms with Crippen LogP contribution in [-0.4, -0.2) is 62.6 Å². The van der Waals surface area contributed by atoms with E-state index in [1.54, 1.807) is 4.68 Å². The number of carbonyl (C=O) groups is 1.